The van der Waals surface area contributed by atoms with E-state index in [1.807, 2.05) is 0 Å². The van der Waals surface area contributed by atoms with Crippen LogP contribution in [0, 0.1) is 0 Å². The summed E-state index contributed by atoms with van der Waals surface area (Å²) >= 11 is 0. The summed E-state index contributed by atoms with van der Waals surface area (Å²) in [6.07, 6.45) is 4.79. The molecule has 0 saturated heterocycles. The minimum absolute atomic E-state index is 0.520. The quantitative estimate of drug-likeness (QED) is 0.668. The second kappa shape index (κ2) is 3.77. The predicted molar refractivity (Wildman–Crippen MR) is 48.0 cm³/mol. The lowest BCUT2D eigenvalue weighted by molar-refractivity contribution is 0.256. The van der Waals surface area contributed by atoms with Crippen LogP contribution in [0.2, 0.25) is 0 Å². The first kappa shape index (κ1) is 8.60. The van der Waals surface area contributed by atoms with Crippen LogP contribution in [0.15, 0.2) is 11.8 Å². The molecule has 0 aromatic carbocycles. The summed E-state index contributed by atoms with van der Waals surface area (Å²) in [7, 11) is 0. The van der Waals surface area contributed by atoms with E-state index in [9.17, 15) is 0 Å². The van der Waals surface area contributed by atoms with Crippen molar-refractivity contribution in [3.05, 3.63) is 11.8 Å². The molecule has 1 N–H and O–H groups in total. The number of nitrogens with one attached hydrogen (secondary N) is 1. The Balaban J connectivity index is 2.32. The SMILES string of the molecule is CCCCN1NC(C)C=C1C. The van der Waals surface area contributed by atoms with Gasteiger partial charge in [-0.3, -0.25) is 0 Å². The zero-order chi connectivity index (χ0) is 8.27. The predicted octanol–water partition coefficient (Wildman–Crippen LogP) is 1.90. The van der Waals surface area contributed by atoms with Gasteiger partial charge in [0.25, 0.3) is 0 Å². The highest BCUT2D eigenvalue weighted by Gasteiger charge is 2.14. The average Bonchev–Trinajstić information content (AvgIpc) is 2.26. The standard InChI is InChI=1S/C9H18N2/c1-4-5-6-11-9(3)7-8(2)10-11/h7-8,10H,4-6H2,1-3H3. The van der Waals surface area contributed by atoms with E-state index in [4.69, 9.17) is 0 Å². The largest absolute Gasteiger partial charge is 0.313 e. The Labute approximate surface area is 69.2 Å². The van der Waals surface area contributed by atoms with Gasteiger partial charge in [0.05, 0.1) is 0 Å². The lowest BCUT2D eigenvalue weighted by Gasteiger charge is -2.20. The van der Waals surface area contributed by atoms with E-state index in [1.54, 1.807) is 0 Å². The number of nitrogens with zero attached hydrogens (tertiary/aromatic N) is 1. The summed E-state index contributed by atoms with van der Waals surface area (Å²) in [6, 6.07) is 0.520. The Kier molecular flexibility index (Phi) is 2.94. The molecule has 1 heterocycles. The van der Waals surface area contributed by atoms with E-state index in [0.29, 0.717) is 6.04 Å². The monoisotopic (exact) mass is 154 g/mol. The molecule has 2 nitrogen and oxygen atoms in total. The van der Waals surface area contributed by atoms with Gasteiger partial charge >= 0.3 is 0 Å². The van der Waals surface area contributed by atoms with Crippen LogP contribution in [-0.4, -0.2) is 17.6 Å². The Morgan fingerprint density at radius 3 is 2.82 bits per heavy atom. The maximum absolute atomic E-state index is 3.38. The summed E-state index contributed by atoms with van der Waals surface area (Å²) in [5.41, 5.74) is 4.75. The molecular formula is C9H18N2. The van der Waals surface area contributed by atoms with Gasteiger partial charge in [-0.2, -0.15) is 0 Å². The topological polar surface area (TPSA) is 15.3 Å². The zero-order valence-electron chi connectivity index (χ0n) is 7.72. The number of unbranched alkanes of at least 4 members (excludes halogenated alkanes) is 1. The number of hydrogen-bond donors (Lipinski definition) is 1. The third kappa shape index (κ3) is 2.22. The molecule has 0 saturated carbocycles. The van der Waals surface area contributed by atoms with E-state index in [0.717, 1.165) is 6.54 Å². The van der Waals surface area contributed by atoms with Crippen molar-refractivity contribution in [2.24, 2.45) is 0 Å². The molecule has 1 unspecified atom stereocenters. The van der Waals surface area contributed by atoms with Crippen LogP contribution in [0.4, 0.5) is 0 Å². The van der Waals surface area contributed by atoms with E-state index < -0.39 is 0 Å². The van der Waals surface area contributed by atoms with Crippen LogP contribution in [0.5, 0.6) is 0 Å². The molecular weight excluding hydrogens is 136 g/mol. The Bertz CT molecular complexity index is 152. The van der Waals surface area contributed by atoms with Gasteiger partial charge in [-0.05, 0) is 26.3 Å². The van der Waals surface area contributed by atoms with Crippen molar-refractivity contribution in [1.29, 1.82) is 0 Å². The lowest BCUT2D eigenvalue weighted by atomic mass is 10.3. The first-order valence-corrected chi connectivity index (χ1v) is 4.46. The maximum Gasteiger partial charge on any atom is 0.0434 e. The van der Waals surface area contributed by atoms with Crippen LogP contribution >= 0.6 is 0 Å². The third-order valence-corrected chi connectivity index (χ3v) is 2.01. The fourth-order valence-electron chi connectivity index (χ4n) is 1.39. The van der Waals surface area contributed by atoms with Crippen molar-refractivity contribution in [3.8, 4) is 0 Å². The highest BCUT2D eigenvalue weighted by Crippen LogP contribution is 2.10. The minimum atomic E-state index is 0.520. The summed E-state index contributed by atoms with van der Waals surface area (Å²) in [6.45, 7) is 7.70. The van der Waals surface area contributed by atoms with Gasteiger partial charge in [-0.25, -0.2) is 5.43 Å². The number of rotatable bonds is 3. The van der Waals surface area contributed by atoms with Crippen molar-refractivity contribution in [1.82, 2.24) is 10.4 Å². The van der Waals surface area contributed by atoms with Crippen molar-refractivity contribution < 1.29 is 0 Å². The van der Waals surface area contributed by atoms with Gasteiger partial charge in [0.1, 0.15) is 0 Å². The molecule has 1 rings (SSSR count). The van der Waals surface area contributed by atoms with Gasteiger partial charge in [-0.1, -0.05) is 13.3 Å². The van der Waals surface area contributed by atoms with Gasteiger partial charge in [0.15, 0.2) is 0 Å². The molecule has 1 aliphatic heterocycles. The first-order chi connectivity index (χ1) is 5.24. The number of hydrogen-bond acceptors (Lipinski definition) is 2. The highest BCUT2D eigenvalue weighted by atomic mass is 15.5. The van der Waals surface area contributed by atoms with E-state index in [2.05, 4.69) is 37.3 Å². The molecule has 0 amide bonds. The van der Waals surface area contributed by atoms with Crippen LogP contribution in [0.3, 0.4) is 0 Å². The Morgan fingerprint density at radius 1 is 1.64 bits per heavy atom. The molecule has 1 aliphatic rings. The zero-order valence-corrected chi connectivity index (χ0v) is 7.72. The molecule has 0 aromatic rings. The van der Waals surface area contributed by atoms with Crippen LogP contribution in [0.25, 0.3) is 0 Å². The lowest BCUT2D eigenvalue weighted by Crippen LogP contribution is -2.35. The molecule has 0 aromatic heterocycles. The fraction of sp³-hybridized carbons (Fsp3) is 0.778. The van der Waals surface area contributed by atoms with E-state index in [-0.39, 0.29) is 0 Å². The smallest absolute Gasteiger partial charge is 0.0434 e. The van der Waals surface area contributed by atoms with Crippen LogP contribution in [-0.2, 0) is 0 Å². The van der Waals surface area contributed by atoms with Crippen molar-refractivity contribution >= 4 is 0 Å². The molecule has 64 valence electrons. The van der Waals surface area contributed by atoms with Crippen molar-refractivity contribution in [2.45, 2.75) is 39.7 Å². The number of allylic oxidation sites excluding steroid dienone is 1. The van der Waals surface area contributed by atoms with Crippen molar-refractivity contribution in [2.75, 3.05) is 6.54 Å². The molecule has 0 spiro atoms. The Hall–Kier alpha value is -0.500. The molecule has 0 fully saturated rings. The summed E-state index contributed by atoms with van der Waals surface area (Å²) < 4.78 is 0. The average molecular weight is 154 g/mol. The normalized spacial score (nSPS) is 24.1. The van der Waals surface area contributed by atoms with Gasteiger partial charge in [-0.15, -0.1) is 0 Å². The van der Waals surface area contributed by atoms with E-state index >= 15 is 0 Å². The minimum Gasteiger partial charge on any atom is -0.313 e. The number of hydrazine groups is 1. The van der Waals surface area contributed by atoms with Gasteiger partial charge in [0.2, 0.25) is 0 Å². The summed E-state index contributed by atoms with van der Waals surface area (Å²) in [5, 5.41) is 2.24. The van der Waals surface area contributed by atoms with Gasteiger partial charge in [0, 0.05) is 18.3 Å². The van der Waals surface area contributed by atoms with Crippen LogP contribution < -0.4 is 5.43 Å². The third-order valence-electron chi connectivity index (χ3n) is 2.01. The van der Waals surface area contributed by atoms with Gasteiger partial charge < -0.3 is 5.01 Å². The molecule has 0 bridgehead atoms. The molecule has 0 aliphatic carbocycles. The fourth-order valence-corrected chi connectivity index (χ4v) is 1.39. The molecule has 0 radical (unpaired) electrons. The summed E-state index contributed by atoms with van der Waals surface area (Å²) in [5.74, 6) is 0. The van der Waals surface area contributed by atoms with Crippen LogP contribution in [0.1, 0.15) is 33.6 Å². The Morgan fingerprint density at radius 2 is 2.36 bits per heavy atom. The van der Waals surface area contributed by atoms with E-state index in [1.165, 1.54) is 18.5 Å². The molecule has 2 heteroatoms. The maximum atomic E-state index is 3.38. The molecule has 11 heavy (non-hydrogen) atoms. The van der Waals surface area contributed by atoms with Crippen molar-refractivity contribution in [3.63, 3.8) is 0 Å². The molecule has 1 atom stereocenters. The second-order valence-electron chi connectivity index (χ2n) is 3.23. The summed E-state index contributed by atoms with van der Waals surface area (Å²) in [4.78, 5) is 0. The first-order valence-electron chi connectivity index (χ1n) is 4.46. The second-order valence-corrected chi connectivity index (χ2v) is 3.23. The highest BCUT2D eigenvalue weighted by molar-refractivity contribution is 5.07.